The predicted molar refractivity (Wildman–Crippen MR) is 163 cm³/mol. The van der Waals surface area contributed by atoms with E-state index >= 15 is 0 Å². The van der Waals surface area contributed by atoms with Crippen LogP contribution in [0.5, 0.6) is 0 Å². The lowest BCUT2D eigenvalue weighted by Crippen LogP contribution is -2.37. The lowest BCUT2D eigenvalue weighted by Gasteiger charge is -2.37. The van der Waals surface area contributed by atoms with Gasteiger partial charge in [0.05, 0.1) is 12.0 Å². The van der Waals surface area contributed by atoms with Crippen molar-refractivity contribution < 1.29 is 5.11 Å². The molecule has 3 heteroatoms. The van der Waals surface area contributed by atoms with Crippen LogP contribution in [0.25, 0.3) is 10.8 Å². The molecule has 1 N–H and O–H groups in total. The van der Waals surface area contributed by atoms with Crippen molar-refractivity contribution in [2.24, 2.45) is 5.92 Å². The summed E-state index contributed by atoms with van der Waals surface area (Å²) in [6.07, 6.45) is 3.91. The number of fused-ring (bicyclic) bond motifs is 1. The van der Waals surface area contributed by atoms with Crippen LogP contribution >= 0.6 is 0 Å². The Labute approximate surface area is 236 Å². The normalized spacial score (nSPS) is 13.4. The maximum atomic E-state index is 12.5. The Balaban J connectivity index is 1.59. The molecule has 0 spiro atoms. The number of aliphatic hydroxyl groups is 1. The first-order valence-corrected chi connectivity index (χ1v) is 13.9. The quantitative estimate of drug-likeness (QED) is 0.215. The van der Waals surface area contributed by atoms with E-state index in [1.165, 1.54) is 5.56 Å². The van der Waals surface area contributed by atoms with Crippen LogP contribution in [-0.4, -0.2) is 14.7 Å². The largest absolute Gasteiger partial charge is 0.378 e. The fraction of sp³-hybridized carbons (Fsp3) is 0.162. The molecule has 0 amide bonds. The van der Waals surface area contributed by atoms with E-state index in [4.69, 9.17) is 4.98 Å². The van der Waals surface area contributed by atoms with Crippen molar-refractivity contribution in [3.05, 3.63) is 173 Å². The number of benzene rings is 5. The van der Waals surface area contributed by atoms with Gasteiger partial charge in [-0.3, -0.25) is 0 Å². The van der Waals surface area contributed by atoms with Crippen molar-refractivity contribution in [2.75, 3.05) is 0 Å². The molecule has 1 atom stereocenters. The summed E-state index contributed by atoms with van der Waals surface area (Å²) in [5.41, 5.74) is 4.07. The van der Waals surface area contributed by atoms with E-state index in [0.29, 0.717) is 5.69 Å². The highest BCUT2D eigenvalue weighted by Gasteiger charge is 2.42. The highest BCUT2D eigenvalue weighted by molar-refractivity contribution is 5.84. The molecule has 3 nitrogen and oxygen atoms in total. The zero-order valence-corrected chi connectivity index (χ0v) is 23.2. The molecular weight excluding hydrogens is 488 g/mol. The van der Waals surface area contributed by atoms with Gasteiger partial charge in [-0.2, -0.15) is 0 Å². The van der Waals surface area contributed by atoms with Gasteiger partial charge in [0.15, 0.2) is 0 Å². The van der Waals surface area contributed by atoms with Gasteiger partial charge in [-0.15, -0.1) is 0 Å². The van der Waals surface area contributed by atoms with Crippen molar-refractivity contribution in [3.63, 3.8) is 0 Å². The molecule has 0 fully saturated rings. The third kappa shape index (κ3) is 4.14. The van der Waals surface area contributed by atoms with Crippen molar-refractivity contribution in [2.45, 2.75) is 31.9 Å². The standard InChI is InChI=1S/C37H34N2O/c1-27(2)37(40,34-22-21-29-23-28(3)19-20-30(29)24-34)35-25-39(26-38-35)36(31-13-7-4-8-14-31,32-15-9-5-10-16-32)33-17-11-6-12-18-33/h4-27,40H,1-3H3. The molecule has 0 aliphatic carbocycles. The summed E-state index contributed by atoms with van der Waals surface area (Å²) >= 11 is 0. The van der Waals surface area contributed by atoms with Gasteiger partial charge < -0.3 is 9.67 Å². The summed E-state index contributed by atoms with van der Waals surface area (Å²) in [6.45, 7) is 6.21. The van der Waals surface area contributed by atoms with Gasteiger partial charge in [-0.1, -0.05) is 141 Å². The second-order valence-corrected chi connectivity index (χ2v) is 11.0. The van der Waals surface area contributed by atoms with Gasteiger partial charge in [0.1, 0.15) is 11.1 Å². The summed E-state index contributed by atoms with van der Waals surface area (Å²) in [5.74, 6) is -0.113. The molecule has 198 valence electrons. The van der Waals surface area contributed by atoms with Crippen LogP contribution in [0.3, 0.4) is 0 Å². The fourth-order valence-corrected chi connectivity index (χ4v) is 6.07. The summed E-state index contributed by atoms with van der Waals surface area (Å²) < 4.78 is 2.17. The molecular formula is C37H34N2O. The van der Waals surface area contributed by atoms with Crippen LogP contribution < -0.4 is 0 Å². The number of nitrogens with zero attached hydrogens (tertiary/aromatic N) is 2. The molecule has 0 bridgehead atoms. The molecule has 1 aromatic heterocycles. The van der Waals surface area contributed by atoms with Crippen LogP contribution in [0.4, 0.5) is 0 Å². The van der Waals surface area contributed by atoms with E-state index in [0.717, 1.165) is 33.0 Å². The maximum absolute atomic E-state index is 12.5. The number of rotatable bonds is 7. The lowest BCUT2D eigenvalue weighted by atomic mass is 9.76. The SMILES string of the molecule is Cc1ccc2cc(C(O)(c3cn(C(c4ccccc4)(c4ccccc4)c4ccccc4)cn3)C(C)C)ccc2c1. The Morgan fingerprint density at radius 3 is 1.65 bits per heavy atom. The maximum Gasteiger partial charge on any atom is 0.135 e. The fourth-order valence-electron chi connectivity index (χ4n) is 6.07. The van der Waals surface area contributed by atoms with Crippen molar-refractivity contribution in [3.8, 4) is 0 Å². The van der Waals surface area contributed by atoms with Gasteiger partial charge in [0.25, 0.3) is 0 Å². The van der Waals surface area contributed by atoms with Gasteiger partial charge in [-0.05, 0) is 51.9 Å². The Hall–Kier alpha value is -4.47. The first-order valence-electron chi connectivity index (χ1n) is 13.9. The molecule has 1 unspecified atom stereocenters. The Morgan fingerprint density at radius 2 is 1.12 bits per heavy atom. The smallest absolute Gasteiger partial charge is 0.135 e. The average molecular weight is 523 g/mol. The monoisotopic (exact) mass is 522 g/mol. The van der Waals surface area contributed by atoms with Crippen LogP contribution in [0, 0.1) is 12.8 Å². The molecule has 0 radical (unpaired) electrons. The molecule has 0 aliphatic rings. The van der Waals surface area contributed by atoms with Crippen molar-refractivity contribution in [1.29, 1.82) is 0 Å². The Bertz CT molecular complexity index is 1640. The minimum atomic E-state index is -1.28. The zero-order chi connectivity index (χ0) is 27.7. The highest BCUT2D eigenvalue weighted by Crippen LogP contribution is 2.43. The first kappa shape index (κ1) is 25.8. The predicted octanol–water partition coefficient (Wildman–Crippen LogP) is 8.08. The number of hydrogen-bond acceptors (Lipinski definition) is 2. The second-order valence-electron chi connectivity index (χ2n) is 11.0. The average Bonchev–Trinajstić information content (AvgIpc) is 3.49. The second kappa shape index (κ2) is 10.3. The van der Waals surface area contributed by atoms with Crippen molar-refractivity contribution in [1.82, 2.24) is 9.55 Å². The Kier molecular flexibility index (Phi) is 6.61. The number of aryl methyl sites for hydroxylation is 1. The van der Waals surface area contributed by atoms with Crippen molar-refractivity contribution >= 4 is 10.8 Å². The van der Waals surface area contributed by atoms with E-state index in [9.17, 15) is 5.11 Å². The minimum Gasteiger partial charge on any atom is -0.378 e. The molecule has 0 saturated heterocycles. The summed E-state index contributed by atoms with van der Waals surface area (Å²) in [5, 5.41) is 14.7. The summed E-state index contributed by atoms with van der Waals surface area (Å²) in [7, 11) is 0. The molecule has 40 heavy (non-hydrogen) atoms. The number of hydrogen-bond donors (Lipinski definition) is 1. The van der Waals surface area contributed by atoms with Gasteiger partial charge in [-0.25, -0.2) is 4.98 Å². The molecule has 0 aliphatic heterocycles. The van der Waals surface area contributed by atoms with E-state index in [1.807, 2.05) is 36.8 Å². The van der Waals surface area contributed by atoms with Gasteiger partial charge in [0.2, 0.25) is 0 Å². The van der Waals surface area contributed by atoms with Crippen LogP contribution in [0.1, 0.15) is 47.4 Å². The molecule has 5 aromatic carbocycles. The van der Waals surface area contributed by atoms with E-state index in [-0.39, 0.29) is 5.92 Å². The van der Waals surface area contributed by atoms with E-state index in [2.05, 4.69) is 128 Å². The van der Waals surface area contributed by atoms with Gasteiger partial charge in [0, 0.05) is 6.20 Å². The molecule has 1 heterocycles. The third-order valence-corrected chi connectivity index (χ3v) is 8.21. The summed E-state index contributed by atoms with van der Waals surface area (Å²) in [6, 6.07) is 44.3. The van der Waals surface area contributed by atoms with Crippen LogP contribution in [0.15, 0.2) is 140 Å². The topological polar surface area (TPSA) is 38.0 Å². The highest BCUT2D eigenvalue weighted by atomic mass is 16.3. The summed E-state index contributed by atoms with van der Waals surface area (Å²) in [4.78, 5) is 4.94. The molecule has 6 rings (SSSR count). The third-order valence-electron chi connectivity index (χ3n) is 8.21. The molecule has 6 aromatic rings. The van der Waals surface area contributed by atoms with E-state index < -0.39 is 11.1 Å². The number of aromatic nitrogens is 2. The first-order chi connectivity index (χ1) is 19.4. The lowest BCUT2D eigenvalue weighted by molar-refractivity contribution is 0.0279. The zero-order valence-electron chi connectivity index (χ0n) is 23.2. The minimum absolute atomic E-state index is 0.113. The van der Waals surface area contributed by atoms with Gasteiger partial charge >= 0.3 is 0 Å². The Morgan fingerprint density at radius 1 is 0.625 bits per heavy atom. The van der Waals surface area contributed by atoms with Crippen LogP contribution in [0.2, 0.25) is 0 Å². The van der Waals surface area contributed by atoms with Crippen LogP contribution in [-0.2, 0) is 11.1 Å². The molecule has 0 saturated carbocycles. The van der Waals surface area contributed by atoms with E-state index in [1.54, 1.807) is 0 Å². The number of imidazole rings is 1.